The Hall–Kier alpha value is -1.76. The third-order valence-electron chi connectivity index (χ3n) is 2.93. The molecule has 0 saturated carbocycles. The van der Waals surface area contributed by atoms with Crippen molar-refractivity contribution in [2.24, 2.45) is 0 Å². The largest absolute Gasteiger partial charge is 0.481 e. The zero-order valence-corrected chi connectivity index (χ0v) is 12.9. The summed E-state index contributed by atoms with van der Waals surface area (Å²) in [7, 11) is 0. The molecule has 0 bridgehead atoms. The van der Waals surface area contributed by atoms with Gasteiger partial charge in [-0.1, -0.05) is 21.1 Å². The van der Waals surface area contributed by atoms with Crippen molar-refractivity contribution >= 4 is 21.9 Å². The van der Waals surface area contributed by atoms with E-state index in [2.05, 4.69) is 26.2 Å². The highest BCUT2D eigenvalue weighted by atomic mass is 79.9. The second kappa shape index (κ2) is 7.31. The number of nitrogens with zero attached hydrogens (tertiary/aromatic N) is 3. The second-order valence-corrected chi connectivity index (χ2v) is 5.70. The van der Waals surface area contributed by atoms with Crippen molar-refractivity contribution < 1.29 is 14.3 Å². The Bertz CT molecular complexity index is 610. The number of aromatic nitrogens is 3. The van der Waals surface area contributed by atoms with Crippen molar-refractivity contribution in [1.29, 1.82) is 0 Å². The number of aliphatic carboxylic acids is 1. The lowest BCUT2D eigenvalue weighted by Gasteiger charge is -2.02. The van der Waals surface area contributed by atoms with Gasteiger partial charge in [-0.25, -0.2) is 9.07 Å². The number of benzene rings is 1. The van der Waals surface area contributed by atoms with E-state index in [4.69, 9.17) is 5.11 Å². The first kappa shape index (κ1) is 15.6. The number of hydrogen-bond donors (Lipinski definition) is 1. The summed E-state index contributed by atoms with van der Waals surface area (Å²) in [6.45, 7) is 0.443. The molecule has 1 heterocycles. The van der Waals surface area contributed by atoms with Gasteiger partial charge in [-0.3, -0.25) is 4.79 Å². The Morgan fingerprint density at radius 2 is 2.14 bits per heavy atom. The van der Waals surface area contributed by atoms with E-state index in [0.29, 0.717) is 23.9 Å². The van der Waals surface area contributed by atoms with Crippen LogP contribution in [-0.2, 0) is 17.8 Å². The molecule has 2 aromatic rings. The lowest BCUT2D eigenvalue weighted by atomic mass is 10.1. The molecule has 0 unspecified atom stereocenters. The van der Waals surface area contributed by atoms with Gasteiger partial charge in [-0.2, -0.15) is 0 Å². The van der Waals surface area contributed by atoms with Crippen LogP contribution in [0.1, 0.15) is 30.5 Å². The number of unbranched alkanes of at least 4 members (excludes halogenated alkanes) is 1. The van der Waals surface area contributed by atoms with Crippen LogP contribution < -0.4 is 0 Å². The minimum Gasteiger partial charge on any atom is -0.481 e. The van der Waals surface area contributed by atoms with Gasteiger partial charge in [0.15, 0.2) is 0 Å². The third-order valence-corrected chi connectivity index (χ3v) is 3.38. The van der Waals surface area contributed by atoms with Gasteiger partial charge in [-0.15, -0.1) is 5.10 Å². The third kappa shape index (κ3) is 5.26. The zero-order valence-electron chi connectivity index (χ0n) is 11.3. The topological polar surface area (TPSA) is 68.0 Å². The fraction of sp³-hybridized carbons (Fsp3) is 0.357. The first-order valence-corrected chi connectivity index (χ1v) is 7.38. The highest BCUT2D eigenvalue weighted by Gasteiger charge is 2.05. The van der Waals surface area contributed by atoms with Crippen molar-refractivity contribution in [3.05, 3.63) is 45.9 Å². The fourth-order valence-electron chi connectivity index (χ4n) is 2.00. The molecule has 0 spiro atoms. The molecular formula is C14H15BrFN3O2. The molecule has 0 aliphatic rings. The van der Waals surface area contributed by atoms with E-state index in [-0.39, 0.29) is 12.2 Å². The number of hydrogen-bond acceptors (Lipinski definition) is 3. The standard InChI is InChI=1S/C14H15BrFN3O2/c15-11-5-10(6-12(16)7-11)8-19-9-13(17-18-19)3-1-2-4-14(20)21/h5-7,9H,1-4,8H2,(H,20,21). The van der Waals surface area contributed by atoms with E-state index in [1.54, 1.807) is 10.9 Å². The summed E-state index contributed by atoms with van der Waals surface area (Å²) >= 11 is 3.25. The van der Waals surface area contributed by atoms with Crippen LogP contribution in [0.3, 0.4) is 0 Å². The zero-order chi connectivity index (χ0) is 15.2. The lowest BCUT2D eigenvalue weighted by Crippen LogP contribution is -2.01. The number of aryl methyl sites for hydroxylation is 1. The number of halogens is 2. The summed E-state index contributed by atoms with van der Waals surface area (Å²) in [5.74, 6) is -1.08. The van der Waals surface area contributed by atoms with Crippen molar-refractivity contribution in [1.82, 2.24) is 15.0 Å². The number of rotatable bonds is 7. The molecule has 0 aliphatic heterocycles. The lowest BCUT2D eigenvalue weighted by molar-refractivity contribution is -0.137. The predicted octanol–water partition coefficient (Wildman–Crippen LogP) is 3.03. The summed E-state index contributed by atoms with van der Waals surface area (Å²) < 4.78 is 15.6. The highest BCUT2D eigenvalue weighted by Crippen LogP contribution is 2.15. The SMILES string of the molecule is O=C(O)CCCCc1cn(Cc2cc(F)cc(Br)c2)nn1. The maximum Gasteiger partial charge on any atom is 0.303 e. The molecule has 0 amide bonds. The molecule has 1 N–H and O–H groups in total. The molecule has 0 atom stereocenters. The number of carboxylic acids is 1. The summed E-state index contributed by atoms with van der Waals surface area (Å²) in [6.07, 6.45) is 4.06. The molecular weight excluding hydrogens is 341 g/mol. The van der Waals surface area contributed by atoms with Gasteiger partial charge >= 0.3 is 5.97 Å². The summed E-state index contributed by atoms with van der Waals surface area (Å²) in [5, 5.41) is 16.6. The summed E-state index contributed by atoms with van der Waals surface area (Å²) in [5.41, 5.74) is 1.61. The second-order valence-electron chi connectivity index (χ2n) is 4.79. The Kier molecular flexibility index (Phi) is 5.44. The average Bonchev–Trinajstić information content (AvgIpc) is 2.81. The van der Waals surface area contributed by atoms with Crippen LogP contribution in [0.15, 0.2) is 28.9 Å². The van der Waals surface area contributed by atoms with Gasteiger partial charge < -0.3 is 5.11 Å². The van der Waals surface area contributed by atoms with Crippen LogP contribution in [0.4, 0.5) is 4.39 Å². The van der Waals surface area contributed by atoms with E-state index in [1.807, 2.05) is 6.07 Å². The first-order valence-electron chi connectivity index (χ1n) is 6.59. The minimum atomic E-state index is -0.782. The van der Waals surface area contributed by atoms with Crippen LogP contribution in [-0.4, -0.2) is 26.1 Å². The molecule has 0 aliphatic carbocycles. The summed E-state index contributed by atoms with van der Waals surface area (Å²) in [4.78, 5) is 10.4. The maximum atomic E-state index is 13.3. The molecule has 2 rings (SSSR count). The van der Waals surface area contributed by atoms with Crippen LogP contribution in [0.5, 0.6) is 0 Å². The molecule has 21 heavy (non-hydrogen) atoms. The van der Waals surface area contributed by atoms with Gasteiger partial charge in [0.25, 0.3) is 0 Å². The first-order chi connectivity index (χ1) is 10.0. The smallest absolute Gasteiger partial charge is 0.303 e. The van der Waals surface area contributed by atoms with Gasteiger partial charge in [0.05, 0.1) is 12.2 Å². The molecule has 7 heteroatoms. The van der Waals surface area contributed by atoms with Crippen LogP contribution >= 0.6 is 15.9 Å². The van der Waals surface area contributed by atoms with Gasteiger partial charge in [0.2, 0.25) is 0 Å². The van der Waals surface area contributed by atoms with E-state index in [9.17, 15) is 9.18 Å². The highest BCUT2D eigenvalue weighted by molar-refractivity contribution is 9.10. The van der Waals surface area contributed by atoms with Crippen molar-refractivity contribution in [3.8, 4) is 0 Å². The van der Waals surface area contributed by atoms with E-state index in [1.165, 1.54) is 12.1 Å². The minimum absolute atomic E-state index is 0.172. The quantitative estimate of drug-likeness (QED) is 0.775. The maximum absolute atomic E-state index is 13.3. The Morgan fingerprint density at radius 1 is 1.33 bits per heavy atom. The van der Waals surface area contributed by atoms with Gasteiger partial charge in [0.1, 0.15) is 5.82 Å². The number of carbonyl (C=O) groups is 1. The van der Waals surface area contributed by atoms with Crippen molar-refractivity contribution in [2.45, 2.75) is 32.2 Å². The van der Waals surface area contributed by atoms with E-state index >= 15 is 0 Å². The molecule has 0 fully saturated rings. The summed E-state index contributed by atoms with van der Waals surface area (Å²) in [6, 6.07) is 4.69. The number of carboxylic acid groups (broad SMARTS) is 1. The molecule has 0 radical (unpaired) electrons. The monoisotopic (exact) mass is 355 g/mol. The molecule has 1 aromatic heterocycles. The molecule has 0 saturated heterocycles. The van der Waals surface area contributed by atoms with Crippen molar-refractivity contribution in [2.75, 3.05) is 0 Å². The normalized spacial score (nSPS) is 10.8. The van der Waals surface area contributed by atoms with Crippen LogP contribution in [0.2, 0.25) is 0 Å². The van der Waals surface area contributed by atoms with Crippen molar-refractivity contribution in [3.63, 3.8) is 0 Å². The molecule has 1 aromatic carbocycles. The van der Waals surface area contributed by atoms with Gasteiger partial charge in [0, 0.05) is 17.1 Å². The Balaban J connectivity index is 1.89. The van der Waals surface area contributed by atoms with E-state index in [0.717, 1.165) is 17.7 Å². The Morgan fingerprint density at radius 3 is 2.86 bits per heavy atom. The van der Waals surface area contributed by atoms with E-state index < -0.39 is 5.97 Å². The van der Waals surface area contributed by atoms with Crippen LogP contribution in [0, 0.1) is 5.82 Å². The fourth-order valence-corrected chi connectivity index (χ4v) is 2.51. The van der Waals surface area contributed by atoms with Crippen LogP contribution in [0.25, 0.3) is 0 Å². The van der Waals surface area contributed by atoms with Gasteiger partial charge in [-0.05, 0) is 43.0 Å². The predicted molar refractivity (Wildman–Crippen MR) is 78.4 cm³/mol. The molecule has 112 valence electrons. The molecule has 5 nitrogen and oxygen atoms in total. The Labute approximate surface area is 129 Å². The average molecular weight is 356 g/mol.